The first kappa shape index (κ1) is 13.1. The molecular weight excluding hydrogens is 224 g/mol. The van der Waals surface area contributed by atoms with Crippen molar-refractivity contribution in [3.8, 4) is 0 Å². The van der Waals surface area contributed by atoms with Gasteiger partial charge in [0.15, 0.2) is 0 Å². The first-order valence-electron chi connectivity index (χ1n) is 6.81. The molecule has 0 heterocycles. The molecule has 1 aromatic carbocycles. The number of carbonyl (C=O) groups excluding carboxylic acids is 1. The number of benzene rings is 1. The lowest BCUT2D eigenvalue weighted by molar-refractivity contribution is -0.124. The summed E-state index contributed by atoms with van der Waals surface area (Å²) in [6.07, 6.45) is 5.04. The molecule has 1 saturated carbocycles. The van der Waals surface area contributed by atoms with Crippen molar-refractivity contribution in [3.63, 3.8) is 0 Å². The fourth-order valence-electron chi connectivity index (χ4n) is 2.71. The number of nitrogens with two attached hydrogens (primary N) is 1. The van der Waals surface area contributed by atoms with Crippen LogP contribution in [0.5, 0.6) is 0 Å². The van der Waals surface area contributed by atoms with Crippen molar-refractivity contribution in [2.75, 3.05) is 11.9 Å². The fraction of sp³-hybridized carbons (Fsp3) is 0.533. The molecule has 18 heavy (non-hydrogen) atoms. The highest BCUT2D eigenvalue weighted by atomic mass is 16.2. The highest BCUT2D eigenvalue weighted by Gasteiger charge is 2.39. The van der Waals surface area contributed by atoms with E-state index in [9.17, 15) is 4.79 Å². The van der Waals surface area contributed by atoms with E-state index in [0.29, 0.717) is 6.54 Å². The molecule has 3 nitrogen and oxygen atoms in total. The first-order valence-corrected chi connectivity index (χ1v) is 6.81. The third-order valence-electron chi connectivity index (χ3n) is 4.03. The Kier molecular flexibility index (Phi) is 4.02. The molecule has 2 rings (SSSR count). The molecule has 3 heteroatoms. The summed E-state index contributed by atoms with van der Waals surface area (Å²) in [6.45, 7) is 2.56. The minimum absolute atomic E-state index is 0.0933. The van der Waals surface area contributed by atoms with Gasteiger partial charge in [-0.05, 0) is 37.0 Å². The van der Waals surface area contributed by atoms with Crippen LogP contribution in [-0.2, 0) is 11.2 Å². The van der Waals surface area contributed by atoms with Gasteiger partial charge in [0.25, 0.3) is 0 Å². The lowest BCUT2D eigenvalue weighted by Crippen LogP contribution is -2.40. The molecule has 1 aliphatic rings. The molecule has 1 fully saturated rings. The SMILES string of the molecule is CCc1cccc(NC(=O)C2(CN)CCCC2)c1. The van der Waals surface area contributed by atoms with Crippen LogP contribution >= 0.6 is 0 Å². The zero-order valence-corrected chi connectivity index (χ0v) is 11.0. The third-order valence-corrected chi connectivity index (χ3v) is 4.03. The van der Waals surface area contributed by atoms with Crippen LogP contribution in [0.25, 0.3) is 0 Å². The van der Waals surface area contributed by atoms with Gasteiger partial charge in [0.1, 0.15) is 0 Å². The zero-order chi connectivity index (χ0) is 13.0. The van der Waals surface area contributed by atoms with Gasteiger partial charge in [-0.3, -0.25) is 4.79 Å². The van der Waals surface area contributed by atoms with E-state index in [-0.39, 0.29) is 11.3 Å². The van der Waals surface area contributed by atoms with Gasteiger partial charge in [-0.1, -0.05) is 31.9 Å². The Labute approximate surface area is 109 Å². The molecule has 0 radical (unpaired) electrons. The van der Waals surface area contributed by atoms with Crippen LogP contribution in [0.1, 0.15) is 38.2 Å². The molecule has 98 valence electrons. The Morgan fingerprint density at radius 1 is 1.39 bits per heavy atom. The van der Waals surface area contributed by atoms with Crippen molar-refractivity contribution in [3.05, 3.63) is 29.8 Å². The molecular formula is C15H22N2O. The molecule has 0 unspecified atom stereocenters. The average molecular weight is 246 g/mol. The second-order valence-corrected chi connectivity index (χ2v) is 5.20. The summed E-state index contributed by atoms with van der Waals surface area (Å²) in [4.78, 5) is 12.4. The quantitative estimate of drug-likeness (QED) is 0.858. The predicted octanol–water partition coefficient (Wildman–Crippen LogP) is 2.71. The summed E-state index contributed by atoms with van der Waals surface area (Å²) in [5.41, 5.74) is 7.61. The van der Waals surface area contributed by atoms with E-state index in [1.165, 1.54) is 5.56 Å². The summed E-state index contributed by atoms with van der Waals surface area (Å²) in [5, 5.41) is 3.03. The van der Waals surface area contributed by atoms with Crippen LogP contribution in [0.15, 0.2) is 24.3 Å². The summed E-state index contributed by atoms with van der Waals surface area (Å²) < 4.78 is 0. The van der Waals surface area contributed by atoms with Crippen molar-refractivity contribution in [1.29, 1.82) is 0 Å². The van der Waals surface area contributed by atoms with Gasteiger partial charge in [-0.15, -0.1) is 0 Å². The van der Waals surface area contributed by atoms with Crippen LogP contribution in [0.2, 0.25) is 0 Å². The number of hydrogen-bond donors (Lipinski definition) is 2. The molecule has 1 amide bonds. The third kappa shape index (κ3) is 2.56. The molecule has 0 saturated heterocycles. The predicted molar refractivity (Wildman–Crippen MR) is 74.4 cm³/mol. The van der Waals surface area contributed by atoms with Gasteiger partial charge in [0.05, 0.1) is 5.41 Å². The first-order chi connectivity index (χ1) is 8.70. The van der Waals surface area contributed by atoms with Crippen molar-refractivity contribution in [2.45, 2.75) is 39.0 Å². The molecule has 0 aromatic heterocycles. The maximum absolute atomic E-state index is 12.4. The maximum Gasteiger partial charge on any atom is 0.231 e. The normalized spacial score (nSPS) is 17.7. The Hall–Kier alpha value is -1.35. The highest BCUT2D eigenvalue weighted by molar-refractivity contribution is 5.95. The second-order valence-electron chi connectivity index (χ2n) is 5.20. The van der Waals surface area contributed by atoms with E-state index in [0.717, 1.165) is 37.8 Å². The van der Waals surface area contributed by atoms with Gasteiger partial charge < -0.3 is 11.1 Å². The molecule has 0 spiro atoms. The lowest BCUT2D eigenvalue weighted by atomic mass is 9.85. The Morgan fingerprint density at radius 2 is 2.11 bits per heavy atom. The number of hydrogen-bond acceptors (Lipinski definition) is 2. The van der Waals surface area contributed by atoms with E-state index in [1.54, 1.807) is 0 Å². The number of anilines is 1. The molecule has 0 bridgehead atoms. The van der Waals surface area contributed by atoms with Gasteiger partial charge in [0.2, 0.25) is 5.91 Å². The van der Waals surface area contributed by atoms with Crippen LogP contribution < -0.4 is 11.1 Å². The van der Waals surface area contributed by atoms with E-state index in [1.807, 2.05) is 18.2 Å². The van der Waals surface area contributed by atoms with Crippen molar-refractivity contribution in [1.82, 2.24) is 0 Å². The number of aryl methyl sites for hydroxylation is 1. The number of rotatable bonds is 4. The molecule has 0 atom stereocenters. The summed E-state index contributed by atoms with van der Waals surface area (Å²) >= 11 is 0. The zero-order valence-electron chi connectivity index (χ0n) is 11.0. The van der Waals surface area contributed by atoms with Crippen LogP contribution in [0.4, 0.5) is 5.69 Å². The minimum Gasteiger partial charge on any atom is -0.329 e. The lowest BCUT2D eigenvalue weighted by Gasteiger charge is -2.25. The van der Waals surface area contributed by atoms with Gasteiger partial charge in [0, 0.05) is 12.2 Å². The van der Waals surface area contributed by atoms with Gasteiger partial charge in [-0.25, -0.2) is 0 Å². The van der Waals surface area contributed by atoms with E-state index in [2.05, 4.69) is 18.3 Å². The van der Waals surface area contributed by atoms with Crippen molar-refractivity contribution in [2.24, 2.45) is 11.1 Å². The summed E-state index contributed by atoms with van der Waals surface area (Å²) in [6, 6.07) is 8.04. The molecule has 1 aliphatic carbocycles. The Balaban J connectivity index is 2.10. The van der Waals surface area contributed by atoms with Crippen molar-refractivity contribution < 1.29 is 4.79 Å². The summed E-state index contributed by atoms with van der Waals surface area (Å²) in [7, 11) is 0. The van der Waals surface area contributed by atoms with Crippen molar-refractivity contribution >= 4 is 11.6 Å². The minimum atomic E-state index is -0.331. The smallest absolute Gasteiger partial charge is 0.231 e. The second kappa shape index (κ2) is 5.53. The van der Waals surface area contributed by atoms with Crippen LogP contribution in [-0.4, -0.2) is 12.5 Å². The summed E-state index contributed by atoms with van der Waals surface area (Å²) in [5.74, 6) is 0.0933. The largest absolute Gasteiger partial charge is 0.329 e. The van der Waals surface area contributed by atoms with E-state index < -0.39 is 0 Å². The van der Waals surface area contributed by atoms with E-state index >= 15 is 0 Å². The topological polar surface area (TPSA) is 55.1 Å². The van der Waals surface area contributed by atoms with Crippen LogP contribution in [0, 0.1) is 5.41 Å². The van der Waals surface area contributed by atoms with Crippen LogP contribution in [0.3, 0.4) is 0 Å². The monoisotopic (exact) mass is 246 g/mol. The maximum atomic E-state index is 12.4. The van der Waals surface area contributed by atoms with Gasteiger partial charge >= 0.3 is 0 Å². The molecule has 0 aliphatic heterocycles. The van der Waals surface area contributed by atoms with Gasteiger partial charge in [-0.2, -0.15) is 0 Å². The Morgan fingerprint density at radius 3 is 2.72 bits per heavy atom. The number of nitrogens with one attached hydrogen (secondary N) is 1. The number of amides is 1. The molecule has 1 aromatic rings. The molecule has 3 N–H and O–H groups in total. The van der Waals surface area contributed by atoms with E-state index in [4.69, 9.17) is 5.73 Å². The highest BCUT2D eigenvalue weighted by Crippen LogP contribution is 2.38. The fourth-order valence-corrected chi connectivity index (χ4v) is 2.71. The Bertz CT molecular complexity index is 422. The standard InChI is InChI=1S/C15H22N2O/c1-2-12-6-5-7-13(10-12)17-14(18)15(11-16)8-3-4-9-15/h5-7,10H,2-4,8-9,11,16H2,1H3,(H,17,18). The average Bonchev–Trinajstić information content (AvgIpc) is 2.89. The number of carbonyl (C=O) groups is 1.